The SMILES string of the molecule is CC(C)c1cccc(O)c1.Cc1cc(C(C)C)ccc1N. The van der Waals surface area contributed by atoms with Crippen LogP contribution in [0.2, 0.25) is 0 Å². The van der Waals surface area contributed by atoms with Crippen LogP contribution in [0.25, 0.3) is 0 Å². The molecule has 2 aromatic rings. The zero-order valence-corrected chi connectivity index (χ0v) is 13.7. The summed E-state index contributed by atoms with van der Waals surface area (Å²) in [5.74, 6) is 1.44. The second kappa shape index (κ2) is 7.72. The monoisotopic (exact) mass is 285 g/mol. The molecule has 0 aliphatic heterocycles. The minimum absolute atomic E-state index is 0.353. The third kappa shape index (κ3) is 5.50. The third-order valence-electron chi connectivity index (χ3n) is 3.50. The van der Waals surface area contributed by atoms with Gasteiger partial charge in [-0.25, -0.2) is 0 Å². The van der Waals surface area contributed by atoms with Crippen LogP contribution in [-0.4, -0.2) is 5.11 Å². The fraction of sp³-hybridized carbons (Fsp3) is 0.368. The van der Waals surface area contributed by atoms with E-state index < -0.39 is 0 Å². The largest absolute Gasteiger partial charge is 0.508 e. The van der Waals surface area contributed by atoms with Crippen LogP contribution in [0.15, 0.2) is 42.5 Å². The Labute approximate surface area is 128 Å². The van der Waals surface area contributed by atoms with Gasteiger partial charge in [0.2, 0.25) is 0 Å². The van der Waals surface area contributed by atoms with Crippen LogP contribution in [-0.2, 0) is 0 Å². The summed E-state index contributed by atoms with van der Waals surface area (Å²) in [6.45, 7) is 10.6. The second-order valence-corrected chi connectivity index (χ2v) is 6.02. The molecule has 0 heterocycles. The van der Waals surface area contributed by atoms with E-state index in [0.29, 0.717) is 17.6 Å². The van der Waals surface area contributed by atoms with Gasteiger partial charge in [0, 0.05) is 5.69 Å². The van der Waals surface area contributed by atoms with Crippen molar-refractivity contribution in [1.29, 1.82) is 0 Å². The Morgan fingerprint density at radius 1 is 0.857 bits per heavy atom. The van der Waals surface area contributed by atoms with E-state index in [2.05, 4.69) is 39.8 Å². The lowest BCUT2D eigenvalue weighted by molar-refractivity contribution is 0.474. The molecule has 0 spiro atoms. The Hall–Kier alpha value is -1.96. The number of hydrogen-bond donors (Lipinski definition) is 2. The molecule has 2 heteroatoms. The first-order valence-corrected chi connectivity index (χ1v) is 7.46. The van der Waals surface area contributed by atoms with Crippen LogP contribution >= 0.6 is 0 Å². The number of rotatable bonds is 2. The van der Waals surface area contributed by atoms with Crippen molar-refractivity contribution in [2.24, 2.45) is 0 Å². The summed E-state index contributed by atoms with van der Waals surface area (Å²) in [4.78, 5) is 0. The molecule has 3 N–H and O–H groups in total. The van der Waals surface area contributed by atoms with Crippen molar-refractivity contribution >= 4 is 5.69 Å². The quantitative estimate of drug-likeness (QED) is 0.743. The Morgan fingerprint density at radius 3 is 1.86 bits per heavy atom. The lowest BCUT2D eigenvalue weighted by atomic mass is 10.0. The molecule has 2 rings (SSSR count). The summed E-state index contributed by atoms with van der Waals surface area (Å²) in [5, 5.41) is 9.06. The minimum atomic E-state index is 0.353. The van der Waals surface area contributed by atoms with Crippen LogP contribution in [0.1, 0.15) is 56.2 Å². The maximum atomic E-state index is 9.06. The molecular formula is C19H27NO. The molecule has 0 bridgehead atoms. The fourth-order valence-electron chi connectivity index (χ4n) is 1.94. The third-order valence-corrected chi connectivity index (χ3v) is 3.50. The van der Waals surface area contributed by atoms with Gasteiger partial charge in [-0.15, -0.1) is 0 Å². The van der Waals surface area contributed by atoms with Gasteiger partial charge in [-0.1, -0.05) is 52.0 Å². The van der Waals surface area contributed by atoms with Crippen LogP contribution in [0, 0.1) is 6.92 Å². The molecule has 0 aromatic heterocycles. The van der Waals surface area contributed by atoms with Gasteiger partial charge < -0.3 is 10.8 Å². The number of anilines is 1. The molecule has 114 valence electrons. The van der Waals surface area contributed by atoms with E-state index in [-0.39, 0.29) is 0 Å². The van der Waals surface area contributed by atoms with E-state index in [1.165, 1.54) is 16.7 Å². The fourth-order valence-corrected chi connectivity index (χ4v) is 1.94. The average molecular weight is 285 g/mol. The maximum absolute atomic E-state index is 9.06. The number of hydrogen-bond acceptors (Lipinski definition) is 2. The standard InChI is InChI=1S/C10H15N.C9H12O/c1-7(2)9-4-5-10(11)8(3)6-9;1-7(2)8-4-3-5-9(10)6-8/h4-7H,11H2,1-3H3;3-7,10H,1-2H3. The van der Waals surface area contributed by atoms with E-state index in [0.717, 1.165) is 5.69 Å². The van der Waals surface area contributed by atoms with Gasteiger partial charge >= 0.3 is 0 Å². The van der Waals surface area contributed by atoms with Crippen LogP contribution in [0.3, 0.4) is 0 Å². The van der Waals surface area contributed by atoms with E-state index in [1.807, 2.05) is 25.1 Å². The smallest absolute Gasteiger partial charge is 0.115 e. The molecule has 2 nitrogen and oxygen atoms in total. The number of aromatic hydroxyl groups is 1. The number of aryl methyl sites for hydroxylation is 1. The molecule has 0 fully saturated rings. The Bertz CT molecular complexity index is 574. The summed E-state index contributed by atoms with van der Waals surface area (Å²) < 4.78 is 0. The normalized spacial score (nSPS) is 10.4. The summed E-state index contributed by atoms with van der Waals surface area (Å²) in [5.41, 5.74) is 10.3. The van der Waals surface area contributed by atoms with Gasteiger partial charge in [0.1, 0.15) is 5.75 Å². The van der Waals surface area contributed by atoms with Crippen molar-refractivity contribution in [3.05, 3.63) is 59.2 Å². The minimum Gasteiger partial charge on any atom is -0.508 e. The lowest BCUT2D eigenvalue weighted by Gasteiger charge is -2.07. The topological polar surface area (TPSA) is 46.2 Å². The van der Waals surface area contributed by atoms with Crippen LogP contribution in [0.5, 0.6) is 5.75 Å². The number of nitrogens with two attached hydrogens (primary N) is 1. The molecule has 2 aromatic carbocycles. The number of phenolic OH excluding ortho intramolecular Hbond substituents is 1. The summed E-state index contributed by atoms with van der Waals surface area (Å²) in [6.07, 6.45) is 0. The Balaban J connectivity index is 0.000000211. The molecule has 0 radical (unpaired) electrons. The van der Waals surface area contributed by atoms with Crippen LogP contribution in [0.4, 0.5) is 5.69 Å². The van der Waals surface area contributed by atoms with Crippen LogP contribution < -0.4 is 5.73 Å². The highest BCUT2D eigenvalue weighted by Gasteiger charge is 1.99. The predicted octanol–water partition coefficient (Wildman–Crippen LogP) is 5.22. The maximum Gasteiger partial charge on any atom is 0.115 e. The first-order chi connectivity index (χ1) is 9.81. The highest BCUT2D eigenvalue weighted by Crippen LogP contribution is 2.19. The molecular weight excluding hydrogens is 258 g/mol. The van der Waals surface area contributed by atoms with E-state index >= 15 is 0 Å². The van der Waals surface area contributed by atoms with Crippen molar-refractivity contribution in [2.45, 2.75) is 46.5 Å². The first-order valence-electron chi connectivity index (χ1n) is 7.46. The van der Waals surface area contributed by atoms with Gasteiger partial charge in [-0.3, -0.25) is 0 Å². The summed E-state index contributed by atoms with van der Waals surface area (Å²) >= 11 is 0. The van der Waals surface area contributed by atoms with Gasteiger partial charge in [-0.05, 0) is 53.6 Å². The molecule has 0 unspecified atom stereocenters. The van der Waals surface area contributed by atoms with Crippen molar-refractivity contribution in [2.75, 3.05) is 5.73 Å². The van der Waals surface area contributed by atoms with Crippen molar-refractivity contribution in [3.63, 3.8) is 0 Å². The van der Waals surface area contributed by atoms with Crippen molar-refractivity contribution in [3.8, 4) is 5.75 Å². The highest BCUT2D eigenvalue weighted by atomic mass is 16.3. The zero-order chi connectivity index (χ0) is 16.0. The summed E-state index contributed by atoms with van der Waals surface area (Å²) in [7, 11) is 0. The molecule has 0 amide bonds. The lowest BCUT2D eigenvalue weighted by Crippen LogP contribution is -1.92. The molecule has 0 aliphatic rings. The van der Waals surface area contributed by atoms with Crippen molar-refractivity contribution in [1.82, 2.24) is 0 Å². The van der Waals surface area contributed by atoms with Gasteiger partial charge in [-0.2, -0.15) is 0 Å². The molecule has 0 saturated heterocycles. The van der Waals surface area contributed by atoms with Gasteiger partial charge in [0.25, 0.3) is 0 Å². The van der Waals surface area contributed by atoms with E-state index in [1.54, 1.807) is 12.1 Å². The van der Waals surface area contributed by atoms with Gasteiger partial charge in [0.05, 0.1) is 0 Å². The highest BCUT2D eigenvalue weighted by molar-refractivity contribution is 5.48. The Kier molecular flexibility index (Phi) is 6.29. The Morgan fingerprint density at radius 2 is 1.43 bits per heavy atom. The second-order valence-electron chi connectivity index (χ2n) is 6.02. The summed E-state index contributed by atoms with van der Waals surface area (Å²) in [6, 6.07) is 13.6. The first kappa shape index (κ1) is 17.1. The van der Waals surface area contributed by atoms with Crippen molar-refractivity contribution < 1.29 is 5.11 Å². The number of nitrogen functional groups attached to an aromatic ring is 1. The van der Waals surface area contributed by atoms with Gasteiger partial charge in [0.15, 0.2) is 0 Å². The number of phenols is 1. The molecule has 21 heavy (non-hydrogen) atoms. The van der Waals surface area contributed by atoms with E-state index in [4.69, 9.17) is 10.8 Å². The number of benzene rings is 2. The molecule has 0 aliphatic carbocycles. The average Bonchev–Trinajstić information content (AvgIpc) is 2.42. The zero-order valence-electron chi connectivity index (χ0n) is 13.7. The molecule has 0 atom stereocenters. The van der Waals surface area contributed by atoms with E-state index in [9.17, 15) is 0 Å². The predicted molar refractivity (Wildman–Crippen MR) is 91.9 cm³/mol. The molecule has 0 saturated carbocycles.